The molecule has 0 radical (unpaired) electrons. The SMILES string of the molecule is CCCC12CCC(c3ccc(-c4ccc(OCC)cc4)c(C#N)c3C#N)(CC1)CC2. The molecule has 5 rings (SSSR count). The van der Waals surface area contributed by atoms with Gasteiger partial charge in [-0.15, -0.1) is 0 Å². The van der Waals surface area contributed by atoms with Crippen molar-refractivity contribution < 1.29 is 4.74 Å². The van der Waals surface area contributed by atoms with Crippen LogP contribution in [-0.2, 0) is 5.41 Å². The summed E-state index contributed by atoms with van der Waals surface area (Å²) in [5, 5.41) is 20.1. The molecule has 0 N–H and O–H groups in total. The summed E-state index contributed by atoms with van der Waals surface area (Å²) < 4.78 is 5.54. The van der Waals surface area contributed by atoms with Crippen molar-refractivity contribution in [1.29, 1.82) is 10.5 Å². The molecule has 2 bridgehead atoms. The third-order valence-corrected chi connectivity index (χ3v) is 7.66. The van der Waals surface area contributed by atoms with Crippen LogP contribution >= 0.6 is 0 Å². The molecular formula is C27H30N2O. The second kappa shape index (κ2) is 8.16. The Bertz CT molecular complexity index is 982. The predicted octanol–water partition coefficient (Wildman–Crippen LogP) is 6.89. The Kier molecular flexibility index (Phi) is 5.57. The summed E-state index contributed by atoms with van der Waals surface area (Å²) in [4.78, 5) is 0. The van der Waals surface area contributed by atoms with Crippen molar-refractivity contribution in [3.63, 3.8) is 0 Å². The number of nitrogens with zero attached hydrogens (tertiary/aromatic N) is 2. The molecule has 3 aliphatic carbocycles. The van der Waals surface area contributed by atoms with E-state index in [1.54, 1.807) is 0 Å². The predicted molar refractivity (Wildman–Crippen MR) is 119 cm³/mol. The van der Waals surface area contributed by atoms with Gasteiger partial charge in [-0.3, -0.25) is 0 Å². The first kappa shape index (κ1) is 20.5. The minimum Gasteiger partial charge on any atom is -0.494 e. The molecule has 0 amide bonds. The maximum absolute atomic E-state index is 10.1. The summed E-state index contributed by atoms with van der Waals surface area (Å²) in [5.41, 5.74) is 4.61. The van der Waals surface area contributed by atoms with Gasteiger partial charge in [0.2, 0.25) is 0 Å². The molecule has 0 unspecified atom stereocenters. The van der Waals surface area contributed by atoms with Gasteiger partial charge in [0.25, 0.3) is 0 Å². The monoisotopic (exact) mass is 398 g/mol. The molecule has 0 aliphatic heterocycles. The summed E-state index contributed by atoms with van der Waals surface area (Å²) >= 11 is 0. The van der Waals surface area contributed by atoms with Crippen LogP contribution in [0.2, 0.25) is 0 Å². The smallest absolute Gasteiger partial charge is 0.119 e. The van der Waals surface area contributed by atoms with Crippen LogP contribution in [0.5, 0.6) is 5.75 Å². The minimum absolute atomic E-state index is 0.0729. The van der Waals surface area contributed by atoms with Gasteiger partial charge in [-0.1, -0.05) is 37.6 Å². The molecule has 0 spiro atoms. The molecular weight excluding hydrogens is 368 g/mol. The fourth-order valence-electron chi connectivity index (χ4n) is 5.99. The molecule has 0 aromatic heterocycles. The Labute approximate surface area is 180 Å². The zero-order valence-corrected chi connectivity index (χ0v) is 18.1. The highest BCUT2D eigenvalue weighted by Crippen LogP contribution is 2.60. The van der Waals surface area contributed by atoms with Gasteiger partial charge in [0.1, 0.15) is 17.9 Å². The highest BCUT2D eigenvalue weighted by molar-refractivity contribution is 5.75. The van der Waals surface area contributed by atoms with Crippen LogP contribution in [0.1, 0.15) is 81.9 Å². The average molecular weight is 399 g/mol. The van der Waals surface area contributed by atoms with E-state index in [1.807, 2.05) is 31.2 Å². The molecule has 3 fully saturated rings. The Morgan fingerprint density at radius 1 is 0.833 bits per heavy atom. The van der Waals surface area contributed by atoms with Gasteiger partial charge >= 0.3 is 0 Å². The second-order valence-corrected chi connectivity index (χ2v) is 9.12. The van der Waals surface area contributed by atoms with E-state index in [9.17, 15) is 10.5 Å². The molecule has 0 heterocycles. The van der Waals surface area contributed by atoms with Gasteiger partial charge in [-0.2, -0.15) is 10.5 Å². The Balaban J connectivity index is 1.72. The standard InChI is InChI=1S/C27H30N2O/c1-3-11-26-12-15-27(16-13-26,17-14-26)25-10-9-22(23(18-28)24(25)19-29)20-5-7-21(8-6-20)30-4-2/h5-10H,3-4,11-17H2,1-2H3. The number of benzene rings is 2. The highest BCUT2D eigenvalue weighted by atomic mass is 16.5. The lowest BCUT2D eigenvalue weighted by molar-refractivity contribution is 0.0319. The number of nitriles is 2. The quantitative estimate of drug-likeness (QED) is 0.532. The lowest BCUT2D eigenvalue weighted by atomic mass is 9.50. The molecule has 2 aromatic carbocycles. The van der Waals surface area contributed by atoms with Crippen molar-refractivity contribution in [2.24, 2.45) is 5.41 Å². The van der Waals surface area contributed by atoms with E-state index in [4.69, 9.17) is 4.74 Å². The summed E-state index contributed by atoms with van der Waals surface area (Å²) in [5.74, 6) is 0.816. The molecule has 3 saturated carbocycles. The van der Waals surface area contributed by atoms with Crippen LogP contribution < -0.4 is 4.74 Å². The zero-order chi connectivity index (χ0) is 21.2. The maximum Gasteiger partial charge on any atom is 0.119 e. The number of hydrogen-bond donors (Lipinski definition) is 0. The number of fused-ring (bicyclic) bond motifs is 3. The summed E-state index contributed by atoms with van der Waals surface area (Å²) in [6.07, 6.45) is 9.80. The van der Waals surface area contributed by atoms with Gasteiger partial charge in [-0.05, 0) is 86.0 Å². The summed E-state index contributed by atoms with van der Waals surface area (Å²) in [7, 11) is 0. The van der Waals surface area contributed by atoms with Gasteiger partial charge < -0.3 is 4.74 Å². The fourth-order valence-corrected chi connectivity index (χ4v) is 5.99. The number of ether oxygens (including phenoxy) is 1. The molecule has 2 aromatic rings. The first-order chi connectivity index (χ1) is 14.6. The lowest BCUT2D eigenvalue weighted by Crippen LogP contribution is -2.44. The van der Waals surface area contributed by atoms with E-state index < -0.39 is 0 Å². The van der Waals surface area contributed by atoms with Crippen molar-refractivity contribution in [1.82, 2.24) is 0 Å². The first-order valence-electron chi connectivity index (χ1n) is 11.3. The van der Waals surface area contributed by atoms with E-state index in [0.717, 1.165) is 41.7 Å². The van der Waals surface area contributed by atoms with Crippen LogP contribution in [0.25, 0.3) is 11.1 Å². The van der Waals surface area contributed by atoms with Crippen molar-refractivity contribution in [3.05, 3.63) is 53.1 Å². The minimum atomic E-state index is 0.0729. The molecule has 3 heteroatoms. The van der Waals surface area contributed by atoms with Crippen molar-refractivity contribution in [3.8, 4) is 29.0 Å². The van der Waals surface area contributed by atoms with E-state index >= 15 is 0 Å². The van der Waals surface area contributed by atoms with E-state index in [1.165, 1.54) is 32.1 Å². The van der Waals surface area contributed by atoms with Crippen LogP contribution in [0.4, 0.5) is 0 Å². The van der Waals surface area contributed by atoms with Crippen molar-refractivity contribution >= 4 is 0 Å². The topological polar surface area (TPSA) is 56.8 Å². The van der Waals surface area contributed by atoms with E-state index in [0.29, 0.717) is 23.1 Å². The maximum atomic E-state index is 10.1. The van der Waals surface area contributed by atoms with Gasteiger partial charge in [0.05, 0.1) is 17.7 Å². The zero-order valence-electron chi connectivity index (χ0n) is 18.1. The molecule has 3 nitrogen and oxygen atoms in total. The molecule has 0 atom stereocenters. The molecule has 30 heavy (non-hydrogen) atoms. The van der Waals surface area contributed by atoms with Crippen LogP contribution in [0.3, 0.4) is 0 Å². The van der Waals surface area contributed by atoms with Gasteiger partial charge in [0, 0.05) is 5.56 Å². The Hall–Kier alpha value is -2.78. The normalized spacial score (nSPS) is 24.8. The Morgan fingerprint density at radius 3 is 2.00 bits per heavy atom. The summed E-state index contributed by atoms with van der Waals surface area (Å²) in [6, 6.07) is 16.8. The lowest BCUT2D eigenvalue weighted by Gasteiger charge is -2.54. The number of rotatable bonds is 6. The molecule has 3 aliphatic rings. The average Bonchev–Trinajstić information content (AvgIpc) is 2.80. The first-order valence-corrected chi connectivity index (χ1v) is 11.3. The summed E-state index contributed by atoms with van der Waals surface area (Å²) in [6.45, 7) is 4.87. The van der Waals surface area contributed by atoms with E-state index in [2.05, 4.69) is 31.2 Å². The highest BCUT2D eigenvalue weighted by Gasteiger charge is 2.49. The molecule has 154 valence electrons. The largest absolute Gasteiger partial charge is 0.494 e. The van der Waals surface area contributed by atoms with Crippen LogP contribution in [0.15, 0.2) is 36.4 Å². The van der Waals surface area contributed by atoms with Crippen LogP contribution in [0, 0.1) is 28.1 Å². The number of hydrogen-bond acceptors (Lipinski definition) is 3. The van der Waals surface area contributed by atoms with Crippen LogP contribution in [-0.4, -0.2) is 6.61 Å². The van der Waals surface area contributed by atoms with Gasteiger partial charge in [-0.25, -0.2) is 0 Å². The second-order valence-electron chi connectivity index (χ2n) is 9.12. The van der Waals surface area contributed by atoms with Crippen molar-refractivity contribution in [2.75, 3.05) is 6.61 Å². The van der Waals surface area contributed by atoms with E-state index in [-0.39, 0.29) is 5.41 Å². The third kappa shape index (κ3) is 3.37. The third-order valence-electron chi connectivity index (χ3n) is 7.66. The van der Waals surface area contributed by atoms with Gasteiger partial charge in [0.15, 0.2) is 0 Å². The fraction of sp³-hybridized carbons (Fsp3) is 0.481. The Morgan fingerprint density at radius 2 is 1.47 bits per heavy atom. The molecule has 0 saturated heterocycles. The van der Waals surface area contributed by atoms with Crippen molar-refractivity contribution in [2.45, 2.75) is 70.6 Å².